The number of nitrogens with zero attached hydrogens (tertiary/aromatic N) is 4. The Balaban J connectivity index is 1.86. The average molecular weight is 269 g/mol. The van der Waals surface area contributed by atoms with E-state index in [9.17, 15) is 0 Å². The highest BCUT2D eigenvalue weighted by atomic mass is 32.1. The molecule has 0 amide bonds. The highest BCUT2D eigenvalue weighted by molar-refractivity contribution is 7.09. The summed E-state index contributed by atoms with van der Waals surface area (Å²) in [5, 5.41) is 4.36. The lowest BCUT2D eigenvalue weighted by Crippen LogP contribution is -2.52. The lowest BCUT2D eigenvalue weighted by atomic mass is 10.2. The molecule has 5 nitrogen and oxygen atoms in total. The Morgan fingerprint density at radius 1 is 1.39 bits per heavy atom. The minimum Gasteiger partial charge on any atom is -0.359 e. The van der Waals surface area contributed by atoms with E-state index >= 15 is 0 Å². The molecule has 102 valence electrons. The molecule has 0 radical (unpaired) electrons. The molecule has 0 aliphatic carbocycles. The molecule has 1 fully saturated rings. The van der Waals surface area contributed by atoms with Crippen molar-refractivity contribution in [2.24, 2.45) is 0 Å². The third kappa shape index (κ3) is 3.40. The van der Waals surface area contributed by atoms with Crippen molar-refractivity contribution in [1.29, 1.82) is 0 Å². The first kappa shape index (κ1) is 13.7. The molecule has 1 aromatic heterocycles. The molecule has 2 heterocycles. The van der Waals surface area contributed by atoms with Crippen LogP contribution in [0.25, 0.3) is 0 Å². The van der Waals surface area contributed by atoms with Crippen molar-refractivity contribution in [3.8, 4) is 0 Å². The van der Waals surface area contributed by atoms with Gasteiger partial charge >= 0.3 is 0 Å². The van der Waals surface area contributed by atoms with E-state index in [1.165, 1.54) is 11.5 Å². The van der Waals surface area contributed by atoms with Crippen LogP contribution in [0.3, 0.4) is 0 Å². The van der Waals surface area contributed by atoms with Crippen LogP contribution in [0.1, 0.15) is 25.6 Å². The van der Waals surface area contributed by atoms with Crippen LogP contribution in [0, 0.1) is 0 Å². The summed E-state index contributed by atoms with van der Waals surface area (Å²) < 4.78 is 4.36. The van der Waals surface area contributed by atoms with Gasteiger partial charge in [0.1, 0.15) is 5.82 Å². The number of hydrogen-bond donors (Lipinski definition) is 1. The van der Waals surface area contributed by atoms with E-state index < -0.39 is 0 Å². The fourth-order valence-electron chi connectivity index (χ4n) is 2.07. The van der Waals surface area contributed by atoms with Crippen molar-refractivity contribution >= 4 is 16.7 Å². The van der Waals surface area contributed by atoms with Crippen LogP contribution in [0.15, 0.2) is 0 Å². The molecule has 0 spiro atoms. The summed E-state index contributed by atoms with van der Waals surface area (Å²) >= 11 is 1.46. The molecule has 1 aliphatic rings. The quantitative estimate of drug-likeness (QED) is 0.893. The Kier molecular flexibility index (Phi) is 4.53. The van der Waals surface area contributed by atoms with E-state index in [-0.39, 0.29) is 0 Å². The number of hydrogen-bond acceptors (Lipinski definition) is 6. The first-order chi connectivity index (χ1) is 8.56. The van der Waals surface area contributed by atoms with Gasteiger partial charge in [-0.3, -0.25) is 4.90 Å². The summed E-state index contributed by atoms with van der Waals surface area (Å²) in [7, 11) is 4.38. The van der Waals surface area contributed by atoms with Crippen LogP contribution in [-0.2, 0) is 0 Å². The third-order valence-corrected chi connectivity index (χ3v) is 4.11. The highest BCUT2D eigenvalue weighted by Crippen LogP contribution is 2.17. The molecule has 0 saturated carbocycles. The van der Waals surface area contributed by atoms with Crippen molar-refractivity contribution in [2.45, 2.75) is 25.8 Å². The topological polar surface area (TPSA) is 44.3 Å². The van der Waals surface area contributed by atoms with E-state index in [2.05, 4.69) is 52.4 Å². The maximum absolute atomic E-state index is 4.50. The zero-order chi connectivity index (χ0) is 13.1. The molecule has 1 aliphatic heterocycles. The summed E-state index contributed by atoms with van der Waals surface area (Å²) in [5.41, 5.74) is 0. The van der Waals surface area contributed by atoms with E-state index in [0.717, 1.165) is 37.1 Å². The molecule has 2 rings (SSSR count). The molecule has 1 saturated heterocycles. The van der Waals surface area contributed by atoms with Gasteiger partial charge < -0.3 is 10.2 Å². The Bertz CT molecular complexity index is 378. The van der Waals surface area contributed by atoms with Crippen LogP contribution in [0.2, 0.25) is 0 Å². The largest absolute Gasteiger partial charge is 0.359 e. The summed E-state index contributed by atoms with van der Waals surface area (Å²) in [6.07, 6.45) is 0. The summed E-state index contributed by atoms with van der Waals surface area (Å²) in [5.74, 6) is 1.34. The molecule has 18 heavy (non-hydrogen) atoms. The summed E-state index contributed by atoms with van der Waals surface area (Å²) in [6, 6.07) is 0.551. The number of anilines is 1. The highest BCUT2D eigenvalue weighted by Gasteiger charge is 2.22. The zero-order valence-electron chi connectivity index (χ0n) is 11.7. The second-order valence-electron chi connectivity index (χ2n) is 5.39. The average Bonchev–Trinajstić information content (AvgIpc) is 2.79. The van der Waals surface area contributed by atoms with Gasteiger partial charge in [0, 0.05) is 49.7 Å². The number of rotatable bonds is 4. The Morgan fingerprint density at radius 2 is 2.17 bits per heavy atom. The number of aromatic nitrogens is 2. The van der Waals surface area contributed by atoms with E-state index in [0.29, 0.717) is 12.0 Å². The molecule has 1 aromatic rings. The Morgan fingerprint density at radius 3 is 2.83 bits per heavy atom. The van der Waals surface area contributed by atoms with Gasteiger partial charge in [-0.1, -0.05) is 13.8 Å². The van der Waals surface area contributed by atoms with Gasteiger partial charge in [-0.05, 0) is 14.1 Å². The van der Waals surface area contributed by atoms with Gasteiger partial charge in [-0.15, -0.1) is 0 Å². The Hall–Kier alpha value is -0.720. The van der Waals surface area contributed by atoms with E-state index in [1.807, 2.05) is 0 Å². The number of piperazine rings is 1. The van der Waals surface area contributed by atoms with E-state index in [4.69, 9.17) is 0 Å². The lowest BCUT2D eigenvalue weighted by molar-refractivity contribution is 0.122. The molecule has 0 bridgehead atoms. The summed E-state index contributed by atoms with van der Waals surface area (Å²) in [4.78, 5) is 9.30. The van der Waals surface area contributed by atoms with Crippen molar-refractivity contribution in [2.75, 3.05) is 45.6 Å². The van der Waals surface area contributed by atoms with Gasteiger partial charge in [0.25, 0.3) is 0 Å². The standard InChI is InChI=1S/C12H23N5S/c1-9(2)11-14-12(18-15-11)13-7-10-8-16(3)5-6-17(10)4/h9-10H,5-8H2,1-4H3,(H,13,14,15). The summed E-state index contributed by atoms with van der Waals surface area (Å²) in [6.45, 7) is 8.58. The van der Waals surface area contributed by atoms with Crippen LogP contribution < -0.4 is 5.32 Å². The molecule has 1 atom stereocenters. The maximum atomic E-state index is 4.50. The number of nitrogens with one attached hydrogen (secondary N) is 1. The van der Waals surface area contributed by atoms with Crippen molar-refractivity contribution in [3.05, 3.63) is 5.82 Å². The number of likely N-dealkylation sites (N-methyl/N-ethyl adjacent to an activating group) is 2. The molecular formula is C12H23N5S. The Labute approximate surface area is 113 Å². The van der Waals surface area contributed by atoms with Crippen LogP contribution in [0.5, 0.6) is 0 Å². The first-order valence-corrected chi connectivity index (χ1v) is 7.30. The van der Waals surface area contributed by atoms with E-state index in [1.54, 1.807) is 0 Å². The van der Waals surface area contributed by atoms with Crippen LogP contribution in [-0.4, -0.2) is 65.5 Å². The fourth-order valence-corrected chi connectivity index (χ4v) is 2.78. The molecule has 1 N–H and O–H groups in total. The third-order valence-electron chi connectivity index (χ3n) is 3.43. The lowest BCUT2D eigenvalue weighted by Gasteiger charge is -2.37. The van der Waals surface area contributed by atoms with Crippen molar-refractivity contribution < 1.29 is 0 Å². The monoisotopic (exact) mass is 269 g/mol. The van der Waals surface area contributed by atoms with Gasteiger partial charge in [0.2, 0.25) is 5.13 Å². The second kappa shape index (κ2) is 5.95. The smallest absolute Gasteiger partial charge is 0.202 e. The molecule has 1 unspecified atom stereocenters. The fraction of sp³-hybridized carbons (Fsp3) is 0.833. The maximum Gasteiger partial charge on any atom is 0.202 e. The SMILES string of the molecule is CC(C)c1nsc(NCC2CN(C)CCN2C)n1. The second-order valence-corrected chi connectivity index (χ2v) is 6.14. The minimum atomic E-state index is 0.403. The predicted molar refractivity (Wildman–Crippen MR) is 76.4 cm³/mol. The minimum absolute atomic E-state index is 0.403. The van der Waals surface area contributed by atoms with Crippen molar-refractivity contribution in [1.82, 2.24) is 19.2 Å². The first-order valence-electron chi connectivity index (χ1n) is 6.52. The molecular weight excluding hydrogens is 246 g/mol. The molecule has 6 heteroatoms. The zero-order valence-corrected chi connectivity index (χ0v) is 12.5. The molecule has 0 aromatic carbocycles. The predicted octanol–water partition coefficient (Wildman–Crippen LogP) is 1.32. The van der Waals surface area contributed by atoms with Crippen LogP contribution >= 0.6 is 11.5 Å². The van der Waals surface area contributed by atoms with Gasteiger partial charge in [-0.2, -0.15) is 4.37 Å². The normalized spacial score (nSPS) is 22.6. The van der Waals surface area contributed by atoms with Crippen LogP contribution in [0.4, 0.5) is 5.13 Å². The van der Waals surface area contributed by atoms with Crippen molar-refractivity contribution in [3.63, 3.8) is 0 Å². The van der Waals surface area contributed by atoms with Gasteiger partial charge in [0.05, 0.1) is 0 Å². The van der Waals surface area contributed by atoms with Gasteiger partial charge in [0.15, 0.2) is 0 Å². The van der Waals surface area contributed by atoms with Gasteiger partial charge in [-0.25, -0.2) is 4.98 Å².